The summed E-state index contributed by atoms with van der Waals surface area (Å²) < 4.78 is 34.3. The van der Waals surface area contributed by atoms with Crippen LogP contribution in [0.2, 0.25) is 0 Å². The van der Waals surface area contributed by atoms with Gasteiger partial charge >= 0.3 is 10.1 Å². The van der Waals surface area contributed by atoms with Crippen molar-refractivity contribution in [2.24, 2.45) is 0 Å². The van der Waals surface area contributed by atoms with E-state index in [2.05, 4.69) is 14.7 Å². The molecular weight excluding hydrogens is 226 g/mol. The zero-order valence-electron chi connectivity index (χ0n) is 6.98. The largest absolute Gasteiger partial charge is 0.365 e. The van der Waals surface area contributed by atoms with E-state index in [1.165, 1.54) is 6.26 Å². The lowest BCUT2D eigenvalue weighted by Crippen LogP contribution is -2.08. The Morgan fingerprint density at radius 2 is 2.27 bits per heavy atom. The van der Waals surface area contributed by atoms with Gasteiger partial charge < -0.3 is 4.74 Å². The number of aromatic nitrogens is 2. The van der Waals surface area contributed by atoms with Crippen LogP contribution >= 0.6 is 0 Å². The van der Waals surface area contributed by atoms with Gasteiger partial charge in [-0.1, -0.05) is 0 Å². The third-order valence-corrected chi connectivity index (χ3v) is 2.04. The fraction of sp³-hybridized carbons (Fsp3) is 0. The number of aldehydes is 1. The highest BCUT2D eigenvalue weighted by Gasteiger charge is 2.19. The molecule has 15 heavy (non-hydrogen) atoms. The smallest absolute Gasteiger partial charge is 0.314 e. The van der Waals surface area contributed by atoms with Crippen LogP contribution in [0.15, 0.2) is 11.2 Å². The van der Waals surface area contributed by atoms with E-state index in [-0.39, 0.29) is 6.29 Å². The Morgan fingerprint density at radius 1 is 1.60 bits per heavy atom. The number of ether oxygens (including phenoxy) is 1. The summed E-state index contributed by atoms with van der Waals surface area (Å²) in [6.45, 7) is 0. The van der Waals surface area contributed by atoms with Crippen molar-refractivity contribution in [2.45, 2.75) is 5.03 Å². The average Bonchev–Trinajstić information content (AvgIpc) is 2.17. The molecule has 1 heterocycles. The van der Waals surface area contributed by atoms with Gasteiger partial charge in [0, 0.05) is 0 Å². The van der Waals surface area contributed by atoms with Gasteiger partial charge in [0.25, 0.3) is 12.1 Å². The maximum Gasteiger partial charge on any atom is 0.314 e. The predicted octanol–water partition coefficient (Wildman–Crippen LogP) is -0.604. The summed E-state index contributed by atoms with van der Waals surface area (Å²) in [4.78, 5) is 16.9. The number of carbonyl (C=O) groups excluding carboxylic acids is 1. The first-order chi connectivity index (χ1) is 6.99. The van der Waals surface area contributed by atoms with Gasteiger partial charge in [0.1, 0.15) is 5.69 Å². The summed E-state index contributed by atoms with van der Waals surface area (Å²) >= 11 is 0. The van der Waals surface area contributed by atoms with Crippen molar-refractivity contribution in [3.63, 3.8) is 0 Å². The van der Waals surface area contributed by atoms with E-state index in [1.54, 1.807) is 0 Å². The molecule has 0 bridgehead atoms. The zero-order chi connectivity index (χ0) is 11.5. The standard InChI is InChI=1S/C6H3N3O5S/c7-3-14-5-1-8-4(2-10)6(9-5)15(11,12)13/h1-2H,(H,11,12,13). The second-order valence-corrected chi connectivity index (χ2v) is 3.52. The van der Waals surface area contributed by atoms with Crippen LogP contribution < -0.4 is 4.74 Å². The number of nitriles is 1. The van der Waals surface area contributed by atoms with E-state index in [4.69, 9.17) is 9.81 Å². The van der Waals surface area contributed by atoms with Crippen molar-refractivity contribution in [2.75, 3.05) is 0 Å². The van der Waals surface area contributed by atoms with Gasteiger partial charge in [-0.15, -0.1) is 5.26 Å². The Balaban J connectivity index is 3.40. The molecule has 0 amide bonds. The van der Waals surface area contributed by atoms with Crippen LogP contribution in [-0.4, -0.2) is 29.2 Å². The van der Waals surface area contributed by atoms with E-state index in [0.717, 1.165) is 6.20 Å². The third-order valence-electron chi connectivity index (χ3n) is 1.25. The zero-order valence-corrected chi connectivity index (χ0v) is 7.80. The Labute approximate surface area is 83.9 Å². The Hall–Kier alpha value is -2.05. The number of rotatable bonds is 3. The third kappa shape index (κ3) is 2.46. The predicted molar refractivity (Wildman–Crippen MR) is 43.5 cm³/mol. The SMILES string of the molecule is N#COc1cnc(C=O)c(S(=O)(=O)O)n1. The molecule has 0 atom stereocenters. The number of hydrogen-bond donors (Lipinski definition) is 1. The fourth-order valence-electron chi connectivity index (χ4n) is 0.733. The van der Waals surface area contributed by atoms with Crippen molar-refractivity contribution < 1.29 is 22.5 Å². The Morgan fingerprint density at radius 3 is 2.73 bits per heavy atom. The minimum atomic E-state index is -4.68. The second kappa shape index (κ2) is 3.99. The molecule has 0 spiro atoms. The number of carbonyl (C=O) groups is 1. The van der Waals surface area contributed by atoms with E-state index >= 15 is 0 Å². The molecule has 0 radical (unpaired) electrons. The lowest BCUT2D eigenvalue weighted by Gasteiger charge is -2.00. The van der Waals surface area contributed by atoms with Gasteiger partial charge in [0.05, 0.1) is 6.20 Å². The lowest BCUT2D eigenvalue weighted by atomic mass is 10.5. The van der Waals surface area contributed by atoms with Gasteiger partial charge in [0.15, 0.2) is 6.29 Å². The summed E-state index contributed by atoms with van der Waals surface area (Å²) in [5.74, 6) is -0.435. The van der Waals surface area contributed by atoms with Crippen molar-refractivity contribution in [1.82, 2.24) is 9.97 Å². The first kappa shape index (κ1) is 11.0. The molecule has 78 valence electrons. The highest BCUT2D eigenvalue weighted by atomic mass is 32.2. The van der Waals surface area contributed by atoms with Crippen LogP contribution in [0.3, 0.4) is 0 Å². The van der Waals surface area contributed by atoms with Crippen LogP contribution in [0.1, 0.15) is 10.5 Å². The Kier molecular flexibility index (Phi) is 2.93. The fourth-order valence-corrected chi connectivity index (χ4v) is 1.30. The number of hydrogen-bond acceptors (Lipinski definition) is 7. The quantitative estimate of drug-likeness (QED) is 0.412. The summed E-state index contributed by atoms with van der Waals surface area (Å²) in [6, 6.07) is 0. The molecule has 0 fully saturated rings. The molecule has 8 nitrogen and oxygen atoms in total. The number of nitrogens with zero attached hydrogens (tertiary/aromatic N) is 3. The van der Waals surface area contributed by atoms with Gasteiger partial charge in [-0.05, 0) is 0 Å². The summed E-state index contributed by atoms with van der Waals surface area (Å²) in [7, 11) is -4.68. The summed E-state index contributed by atoms with van der Waals surface area (Å²) in [6.07, 6.45) is 2.21. The monoisotopic (exact) mass is 229 g/mol. The molecule has 1 aromatic heterocycles. The molecule has 0 unspecified atom stereocenters. The first-order valence-electron chi connectivity index (χ1n) is 3.34. The molecule has 1 N–H and O–H groups in total. The van der Waals surface area contributed by atoms with Crippen molar-refractivity contribution >= 4 is 16.4 Å². The van der Waals surface area contributed by atoms with Crippen LogP contribution in [0, 0.1) is 11.5 Å². The lowest BCUT2D eigenvalue weighted by molar-refractivity contribution is 0.111. The molecule has 0 aliphatic heterocycles. The highest BCUT2D eigenvalue weighted by molar-refractivity contribution is 7.85. The Bertz CT molecular complexity index is 532. The molecule has 1 rings (SSSR count). The molecule has 0 saturated heterocycles. The molecule has 9 heteroatoms. The summed E-state index contributed by atoms with van der Waals surface area (Å²) in [5.41, 5.74) is -0.567. The maximum atomic E-state index is 10.7. The molecular formula is C6H3N3O5S. The minimum Gasteiger partial charge on any atom is -0.365 e. The van der Waals surface area contributed by atoms with E-state index in [9.17, 15) is 13.2 Å². The second-order valence-electron chi connectivity index (χ2n) is 2.18. The molecule has 0 aromatic carbocycles. The normalized spacial score (nSPS) is 10.4. The van der Waals surface area contributed by atoms with Crippen LogP contribution in [0.5, 0.6) is 5.88 Å². The average molecular weight is 229 g/mol. The van der Waals surface area contributed by atoms with E-state index in [0.29, 0.717) is 0 Å². The van der Waals surface area contributed by atoms with Gasteiger partial charge in [0.2, 0.25) is 5.03 Å². The van der Waals surface area contributed by atoms with Crippen molar-refractivity contribution in [3.05, 3.63) is 11.9 Å². The van der Waals surface area contributed by atoms with Crippen LogP contribution in [0.25, 0.3) is 0 Å². The highest BCUT2D eigenvalue weighted by Crippen LogP contribution is 2.13. The van der Waals surface area contributed by atoms with Gasteiger partial charge in [-0.2, -0.15) is 13.4 Å². The van der Waals surface area contributed by atoms with Crippen LogP contribution in [0.4, 0.5) is 0 Å². The maximum absolute atomic E-state index is 10.7. The molecule has 0 aliphatic rings. The van der Waals surface area contributed by atoms with E-state index in [1.807, 2.05) is 0 Å². The van der Waals surface area contributed by atoms with E-state index < -0.39 is 26.7 Å². The molecule has 0 aliphatic carbocycles. The molecule has 1 aromatic rings. The minimum absolute atomic E-state index is 0.103. The van der Waals surface area contributed by atoms with Crippen molar-refractivity contribution in [1.29, 1.82) is 5.26 Å². The van der Waals surface area contributed by atoms with Gasteiger partial charge in [-0.25, -0.2) is 4.98 Å². The van der Waals surface area contributed by atoms with Crippen LogP contribution in [-0.2, 0) is 10.1 Å². The topological polar surface area (TPSA) is 130 Å². The molecule has 0 saturated carbocycles. The van der Waals surface area contributed by atoms with Crippen molar-refractivity contribution in [3.8, 4) is 12.1 Å². The van der Waals surface area contributed by atoms with Gasteiger partial charge in [-0.3, -0.25) is 9.35 Å². The first-order valence-corrected chi connectivity index (χ1v) is 4.78. The summed E-state index contributed by atoms with van der Waals surface area (Å²) in [5, 5.41) is 7.16.